The maximum atomic E-state index is 6.17. The van der Waals surface area contributed by atoms with Crippen molar-refractivity contribution in [1.82, 2.24) is 4.90 Å². The van der Waals surface area contributed by atoms with E-state index in [-0.39, 0.29) is 11.2 Å². The van der Waals surface area contributed by atoms with Gasteiger partial charge in [-0.1, -0.05) is 19.3 Å². The Labute approximate surface area is 125 Å². The van der Waals surface area contributed by atoms with Gasteiger partial charge in [0.2, 0.25) is 0 Å². The molecule has 1 saturated heterocycles. The van der Waals surface area contributed by atoms with Crippen LogP contribution in [0.1, 0.15) is 66.2 Å². The van der Waals surface area contributed by atoms with Crippen molar-refractivity contribution in [3.63, 3.8) is 0 Å². The SMILES string of the molecule is CC1(C)CN(CCC2(CN)CCCCC2)CC(C)(C)O1. The standard InChI is InChI=1S/C17H34N2O/c1-15(2)13-19(14-16(3,4)20-15)11-10-17(12-18)8-6-5-7-9-17/h5-14,18H2,1-4H3. The quantitative estimate of drug-likeness (QED) is 0.860. The van der Waals surface area contributed by atoms with Crippen molar-refractivity contribution in [2.45, 2.75) is 77.4 Å². The average molecular weight is 282 g/mol. The summed E-state index contributed by atoms with van der Waals surface area (Å²) < 4.78 is 6.17. The van der Waals surface area contributed by atoms with Gasteiger partial charge in [0.05, 0.1) is 11.2 Å². The number of nitrogens with two attached hydrogens (primary N) is 1. The number of nitrogens with zero attached hydrogens (tertiary/aromatic N) is 1. The van der Waals surface area contributed by atoms with Gasteiger partial charge in [-0.3, -0.25) is 4.90 Å². The van der Waals surface area contributed by atoms with Gasteiger partial charge in [-0.15, -0.1) is 0 Å². The van der Waals surface area contributed by atoms with Crippen molar-refractivity contribution in [3.05, 3.63) is 0 Å². The van der Waals surface area contributed by atoms with Crippen LogP contribution in [-0.2, 0) is 4.74 Å². The Hall–Kier alpha value is -0.120. The number of ether oxygens (including phenoxy) is 1. The fourth-order valence-corrected chi connectivity index (χ4v) is 4.36. The van der Waals surface area contributed by atoms with E-state index in [4.69, 9.17) is 10.5 Å². The van der Waals surface area contributed by atoms with Crippen molar-refractivity contribution in [2.75, 3.05) is 26.2 Å². The minimum Gasteiger partial charge on any atom is -0.367 e. The van der Waals surface area contributed by atoms with Crippen LogP contribution in [0.4, 0.5) is 0 Å². The Kier molecular flexibility index (Phi) is 4.83. The van der Waals surface area contributed by atoms with Crippen LogP contribution in [0.25, 0.3) is 0 Å². The smallest absolute Gasteiger partial charge is 0.0760 e. The molecule has 0 aromatic rings. The van der Waals surface area contributed by atoms with E-state index in [0.29, 0.717) is 5.41 Å². The monoisotopic (exact) mass is 282 g/mol. The molecule has 0 bridgehead atoms. The first-order valence-electron chi connectivity index (χ1n) is 8.39. The topological polar surface area (TPSA) is 38.5 Å². The summed E-state index contributed by atoms with van der Waals surface area (Å²) in [5.41, 5.74) is 6.46. The molecule has 2 N–H and O–H groups in total. The Balaban J connectivity index is 1.92. The van der Waals surface area contributed by atoms with E-state index >= 15 is 0 Å². The van der Waals surface area contributed by atoms with E-state index in [1.54, 1.807) is 0 Å². The second-order valence-corrected chi connectivity index (χ2v) is 8.35. The van der Waals surface area contributed by atoms with Crippen LogP contribution in [-0.4, -0.2) is 42.3 Å². The van der Waals surface area contributed by atoms with Crippen LogP contribution >= 0.6 is 0 Å². The molecule has 2 aliphatic rings. The zero-order valence-corrected chi connectivity index (χ0v) is 14.0. The normalized spacial score (nSPS) is 29.2. The fraction of sp³-hybridized carbons (Fsp3) is 1.00. The third kappa shape index (κ3) is 4.19. The van der Waals surface area contributed by atoms with Gasteiger partial charge in [-0.2, -0.15) is 0 Å². The Morgan fingerprint density at radius 3 is 2.00 bits per heavy atom. The molecule has 2 rings (SSSR count). The van der Waals surface area contributed by atoms with Crippen molar-refractivity contribution in [1.29, 1.82) is 0 Å². The molecule has 118 valence electrons. The highest BCUT2D eigenvalue weighted by Crippen LogP contribution is 2.39. The third-order valence-corrected chi connectivity index (χ3v) is 5.07. The van der Waals surface area contributed by atoms with Crippen LogP contribution in [0.2, 0.25) is 0 Å². The first-order chi connectivity index (χ1) is 9.26. The van der Waals surface area contributed by atoms with Gasteiger partial charge < -0.3 is 10.5 Å². The number of hydrogen-bond acceptors (Lipinski definition) is 3. The molecule has 1 aliphatic carbocycles. The first kappa shape index (κ1) is 16.3. The van der Waals surface area contributed by atoms with Crippen molar-refractivity contribution >= 4 is 0 Å². The van der Waals surface area contributed by atoms with Crippen molar-refractivity contribution in [3.8, 4) is 0 Å². The summed E-state index contributed by atoms with van der Waals surface area (Å²) in [7, 11) is 0. The van der Waals surface area contributed by atoms with Crippen molar-refractivity contribution in [2.24, 2.45) is 11.1 Å². The van der Waals surface area contributed by atoms with Crippen LogP contribution in [0.15, 0.2) is 0 Å². The van der Waals surface area contributed by atoms with E-state index in [1.165, 1.54) is 45.1 Å². The lowest BCUT2D eigenvalue weighted by Crippen LogP contribution is -2.57. The summed E-state index contributed by atoms with van der Waals surface area (Å²) >= 11 is 0. The molecule has 2 fully saturated rings. The van der Waals surface area contributed by atoms with Crippen LogP contribution in [0.3, 0.4) is 0 Å². The Bertz CT molecular complexity index is 303. The highest BCUT2D eigenvalue weighted by Gasteiger charge is 2.39. The molecular formula is C17H34N2O. The van der Waals surface area contributed by atoms with Crippen LogP contribution < -0.4 is 5.73 Å². The minimum absolute atomic E-state index is 0.0375. The summed E-state index contributed by atoms with van der Waals surface area (Å²) in [6.07, 6.45) is 8.07. The lowest BCUT2D eigenvalue weighted by Gasteiger charge is -2.48. The van der Waals surface area contributed by atoms with Gasteiger partial charge in [-0.25, -0.2) is 0 Å². The summed E-state index contributed by atoms with van der Waals surface area (Å²) in [6, 6.07) is 0. The predicted molar refractivity (Wildman–Crippen MR) is 84.9 cm³/mol. The zero-order chi connectivity index (χ0) is 14.9. The summed E-state index contributed by atoms with van der Waals surface area (Å²) in [6.45, 7) is 13.0. The minimum atomic E-state index is -0.0375. The largest absolute Gasteiger partial charge is 0.367 e. The summed E-state index contributed by atoms with van der Waals surface area (Å²) in [5.74, 6) is 0. The predicted octanol–water partition coefficient (Wildman–Crippen LogP) is 3.18. The van der Waals surface area contributed by atoms with E-state index in [9.17, 15) is 0 Å². The van der Waals surface area contributed by atoms with Gasteiger partial charge in [0, 0.05) is 13.1 Å². The molecular weight excluding hydrogens is 248 g/mol. The van der Waals surface area contributed by atoms with Gasteiger partial charge in [0.1, 0.15) is 0 Å². The summed E-state index contributed by atoms with van der Waals surface area (Å²) in [4.78, 5) is 2.59. The van der Waals surface area contributed by atoms with E-state index in [1.807, 2.05) is 0 Å². The molecule has 20 heavy (non-hydrogen) atoms. The van der Waals surface area contributed by atoms with E-state index in [2.05, 4.69) is 32.6 Å². The molecule has 0 aromatic carbocycles. The highest BCUT2D eigenvalue weighted by molar-refractivity contribution is 4.91. The van der Waals surface area contributed by atoms with E-state index < -0.39 is 0 Å². The lowest BCUT2D eigenvalue weighted by atomic mass is 9.71. The van der Waals surface area contributed by atoms with Crippen LogP contribution in [0, 0.1) is 5.41 Å². The zero-order valence-electron chi connectivity index (χ0n) is 14.0. The number of morpholine rings is 1. The van der Waals surface area contributed by atoms with Crippen molar-refractivity contribution < 1.29 is 4.74 Å². The number of hydrogen-bond donors (Lipinski definition) is 1. The summed E-state index contributed by atoms with van der Waals surface area (Å²) in [5, 5.41) is 0. The Morgan fingerprint density at radius 2 is 1.50 bits per heavy atom. The van der Waals surface area contributed by atoms with Gasteiger partial charge in [-0.05, 0) is 65.5 Å². The third-order valence-electron chi connectivity index (χ3n) is 5.07. The highest BCUT2D eigenvalue weighted by atomic mass is 16.5. The molecule has 1 saturated carbocycles. The molecule has 0 atom stereocenters. The van der Waals surface area contributed by atoms with Gasteiger partial charge in [0.15, 0.2) is 0 Å². The van der Waals surface area contributed by atoms with Crippen LogP contribution in [0.5, 0.6) is 0 Å². The molecule has 0 amide bonds. The second-order valence-electron chi connectivity index (χ2n) is 8.35. The molecule has 3 nitrogen and oxygen atoms in total. The molecule has 1 heterocycles. The van der Waals surface area contributed by atoms with E-state index in [0.717, 1.165) is 19.6 Å². The second kappa shape index (κ2) is 5.94. The molecule has 0 unspecified atom stereocenters. The maximum Gasteiger partial charge on any atom is 0.0760 e. The number of rotatable bonds is 4. The lowest BCUT2D eigenvalue weighted by molar-refractivity contribution is -0.181. The first-order valence-corrected chi connectivity index (χ1v) is 8.39. The molecule has 3 heteroatoms. The maximum absolute atomic E-state index is 6.17. The fourth-order valence-electron chi connectivity index (χ4n) is 4.36. The van der Waals surface area contributed by atoms with Gasteiger partial charge >= 0.3 is 0 Å². The Morgan fingerprint density at radius 1 is 0.950 bits per heavy atom. The molecule has 1 aliphatic heterocycles. The van der Waals surface area contributed by atoms with Gasteiger partial charge in [0.25, 0.3) is 0 Å². The molecule has 0 radical (unpaired) electrons. The molecule has 0 aromatic heterocycles. The molecule has 0 spiro atoms. The average Bonchev–Trinajstić information content (AvgIpc) is 2.34.